The van der Waals surface area contributed by atoms with E-state index in [2.05, 4.69) is 59.6 Å². The minimum atomic E-state index is 0.299. The van der Waals surface area contributed by atoms with Crippen LogP contribution in [-0.4, -0.2) is 30.6 Å². The van der Waals surface area contributed by atoms with E-state index in [-0.39, 0.29) is 0 Å². The Bertz CT molecular complexity index is 611. The first-order chi connectivity index (χ1) is 11.8. The Morgan fingerprint density at radius 1 is 1.08 bits per heavy atom. The average molecular weight is 343 g/mol. The van der Waals surface area contributed by atoms with Gasteiger partial charge in [0.2, 0.25) is 0 Å². The first-order valence-electron chi connectivity index (χ1n) is 9.06. The van der Waals surface area contributed by atoms with Crippen LogP contribution in [0.25, 0.3) is 0 Å². The zero-order chi connectivity index (χ0) is 16.8. The highest BCUT2D eigenvalue weighted by Crippen LogP contribution is 2.32. The first-order valence-corrected chi connectivity index (χ1v) is 9.44. The number of unbranched alkanes of at least 4 members (excludes halogenated alkanes) is 1. The molecule has 2 aromatic rings. The predicted molar refractivity (Wildman–Crippen MR) is 103 cm³/mol. The number of hydrogen-bond acceptors (Lipinski definition) is 2. The van der Waals surface area contributed by atoms with Crippen LogP contribution in [0.15, 0.2) is 54.6 Å². The summed E-state index contributed by atoms with van der Waals surface area (Å²) < 4.78 is 0. The van der Waals surface area contributed by atoms with Crippen molar-refractivity contribution in [3.63, 3.8) is 0 Å². The molecule has 24 heavy (non-hydrogen) atoms. The van der Waals surface area contributed by atoms with Crippen LogP contribution >= 0.6 is 11.6 Å². The lowest BCUT2D eigenvalue weighted by Crippen LogP contribution is -2.52. The molecule has 0 bridgehead atoms. The van der Waals surface area contributed by atoms with Crippen LogP contribution in [0, 0.1) is 0 Å². The topological polar surface area (TPSA) is 15.3 Å². The third-order valence-electron chi connectivity index (χ3n) is 4.92. The molecule has 1 aliphatic rings. The maximum Gasteiger partial charge on any atom is 0.0605 e. The van der Waals surface area contributed by atoms with Crippen LogP contribution in [0.2, 0.25) is 5.02 Å². The second-order valence-electron chi connectivity index (χ2n) is 6.60. The van der Waals surface area contributed by atoms with Crippen molar-refractivity contribution < 1.29 is 0 Å². The van der Waals surface area contributed by atoms with E-state index in [0.717, 1.165) is 24.7 Å². The first kappa shape index (κ1) is 17.5. The van der Waals surface area contributed by atoms with Gasteiger partial charge in [-0.2, -0.15) is 0 Å². The molecule has 128 valence electrons. The molecule has 0 aliphatic carbocycles. The lowest BCUT2D eigenvalue weighted by molar-refractivity contribution is 0.117. The van der Waals surface area contributed by atoms with Crippen molar-refractivity contribution in [2.45, 2.75) is 38.3 Å². The molecule has 0 spiro atoms. The normalized spacial score (nSPS) is 20.0. The predicted octanol–water partition coefficient (Wildman–Crippen LogP) is 4.89. The van der Waals surface area contributed by atoms with Gasteiger partial charge in [0.15, 0.2) is 0 Å². The molecule has 2 aromatic carbocycles. The van der Waals surface area contributed by atoms with Gasteiger partial charge in [0, 0.05) is 30.7 Å². The summed E-state index contributed by atoms with van der Waals surface area (Å²) in [5.41, 5.74) is 2.69. The largest absolute Gasteiger partial charge is 0.314 e. The summed E-state index contributed by atoms with van der Waals surface area (Å²) in [5.74, 6) is 0. The second-order valence-corrected chi connectivity index (χ2v) is 7.04. The smallest absolute Gasteiger partial charge is 0.0605 e. The maximum absolute atomic E-state index is 6.12. The average Bonchev–Trinajstić information content (AvgIpc) is 2.64. The Hall–Kier alpha value is -1.35. The quantitative estimate of drug-likeness (QED) is 0.803. The lowest BCUT2D eigenvalue weighted by Gasteiger charge is -2.42. The molecule has 0 saturated carbocycles. The van der Waals surface area contributed by atoms with Crippen LogP contribution in [0.4, 0.5) is 0 Å². The summed E-state index contributed by atoms with van der Waals surface area (Å²) in [6, 6.07) is 20.1. The highest BCUT2D eigenvalue weighted by atomic mass is 35.5. The van der Waals surface area contributed by atoms with Gasteiger partial charge in [-0.05, 0) is 29.7 Å². The van der Waals surface area contributed by atoms with Gasteiger partial charge in [0.1, 0.15) is 0 Å². The van der Waals surface area contributed by atoms with Gasteiger partial charge in [-0.15, -0.1) is 0 Å². The molecule has 3 rings (SSSR count). The number of nitrogens with one attached hydrogen (secondary N) is 1. The molecule has 2 nitrogen and oxygen atoms in total. The van der Waals surface area contributed by atoms with E-state index in [9.17, 15) is 0 Å². The molecule has 1 fully saturated rings. The maximum atomic E-state index is 6.12. The fourth-order valence-corrected chi connectivity index (χ4v) is 3.81. The zero-order valence-corrected chi connectivity index (χ0v) is 15.2. The molecule has 2 atom stereocenters. The van der Waals surface area contributed by atoms with Gasteiger partial charge in [0.25, 0.3) is 0 Å². The second kappa shape index (κ2) is 8.66. The summed E-state index contributed by atoms with van der Waals surface area (Å²) in [6.07, 6.45) is 3.78. The third kappa shape index (κ3) is 4.18. The van der Waals surface area contributed by atoms with E-state index in [4.69, 9.17) is 11.6 Å². The minimum absolute atomic E-state index is 0.299. The van der Waals surface area contributed by atoms with Crippen molar-refractivity contribution in [1.82, 2.24) is 10.2 Å². The summed E-state index contributed by atoms with van der Waals surface area (Å²) in [4.78, 5) is 2.69. The molecule has 2 unspecified atom stereocenters. The van der Waals surface area contributed by atoms with E-state index < -0.39 is 0 Å². The van der Waals surface area contributed by atoms with Crippen molar-refractivity contribution in [3.05, 3.63) is 70.7 Å². The number of halogens is 1. The molecule has 0 aromatic heterocycles. The van der Waals surface area contributed by atoms with Crippen LogP contribution in [0.3, 0.4) is 0 Å². The lowest BCUT2D eigenvalue weighted by atomic mass is 9.93. The highest BCUT2D eigenvalue weighted by Gasteiger charge is 2.30. The van der Waals surface area contributed by atoms with Crippen molar-refractivity contribution in [1.29, 1.82) is 0 Å². The molecule has 1 aliphatic heterocycles. The van der Waals surface area contributed by atoms with E-state index in [0.29, 0.717) is 12.1 Å². The Labute approximate surface area is 150 Å². The van der Waals surface area contributed by atoms with Crippen molar-refractivity contribution in [2.24, 2.45) is 0 Å². The number of benzene rings is 2. The van der Waals surface area contributed by atoms with Gasteiger partial charge in [0.05, 0.1) is 6.04 Å². The molecule has 1 heterocycles. The number of hydrogen-bond donors (Lipinski definition) is 1. The Balaban J connectivity index is 1.95. The zero-order valence-electron chi connectivity index (χ0n) is 14.4. The minimum Gasteiger partial charge on any atom is -0.314 e. The van der Waals surface area contributed by atoms with Crippen molar-refractivity contribution in [3.8, 4) is 0 Å². The van der Waals surface area contributed by atoms with Crippen molar-refractivity contribution >= 4 is 11.6 Å². The molecule has 0 radical (unpaired) electrons. The fraction of sp³-hybridized carbons (Fsp3) is 0.429. The van der Waals surface area contributed by atoms with Crippen molar-refractivity contribution in [2.75, 3.05) is 19.6 Å². The third-order valence-corrected chi connectivity index (χ3v) is 5.17. The molecule has 0 amide bonds. The number of piperazine rings is 1. The van der Waals surface area contributed by atoms with Gasteiger partial charge in [-0.1, -0.05) is 73.8 Å². The Kier molecular flexibility index (Phi) is 6.30. The Morgan fingerprint density at radius 2 is 1.79 bits per heavy atom. The van der Waals surface area contributed by atoms with Crippen LogP contribution in [0.5, 0.6) is 0 Å². The standard InChI is InChI=1S/C21H27ClN2/c1-2-3-9-20-16-23-14-15-24(20)21(17-7-5-4-6-8-17)18-10-12-19(22)13-11-18/h4-8,10-13,20-21,23H,2-3,9,14-16H2,1H3. The van der Waals surface area contributed by atoms with Gasteiger partial charge in [-0.3, -0.25) is 4.90 Å². The summed E-state index contributed by atoms with van der Waals surface area (Å²) >= 11 is 6.12. The van der Waals surface area contributed by atoms with Gasteiger partial charge >= 0.3 is 0 Å². The van der Waals surface area contributed by atoms with E-state index in [1.807, 2.05) is 12.1 Å². The van der Waals surface area contributed by atoms with Crippen LogP contribution < -0.4 is 5.32 Å². The Morgan fingerprint density at radius 3 is 2.50 bits per heavy atom. The highest BCUT2D eigenvalue weighted by molar-refractivity contribution is 6.30. The van der Waals surface area contributed by atoms with E-state index >= 15 is 0 Å². The molecular weight excluding hydrogens is 316 g/mol. The summed E-state index contributed by atoms with van der Waals surface area (Å²) in [5, 5.41) is 4.38. The fourth-order valence-electron chi connectivity index (χ4n) is 3.68. The number of rotatable bonds is 6. The number of nitrogens with zero attached hydrogens (tertiary/aromatic N) is 1. The monoisotopic (exact) mass is 342 g/mol. The SMILES string of the molecule is CCCCC1CNCCN1C(c1ccccc1)c1ccc(Cl)cc1. The molecule has 3 heteroatoms. The molecule has 1 N–H and O–H groups in total. The summed E-state index contributed by atoms with van der Waals surface area (Å²) in [6.45, 7) is 5.49. The van der Waals surface area contributed by atoms with Crippen LogP contribution in [-0.2, 0) is 0 Å². The van der Waals surface area contributed by atoms with Gasteiger partial charge < -0.3 is 5.32 Å². The molecular formula is C21H27ClN2. The van der Waals surface area contributed by atoms with E-state index in [1.165, 1.54) is 30.4 Å². The van der Waals surface area contributed by atoms with Gasteiger partial charge in [-0.25, -0.2) is 0 Å². The van der Waals surface area contributed by atoms with Crippen LogP contribution in [0.1, 0.15) is 43.4 Å². The summed E-state index contributed by atoms with van der Waals surface area (Å²) in [7, 11) is 0. The van der Waals surface area contributed by atoms with E-state index in [1.54, 1.807) is 0 Å². The molecule has 1 saturated heterocycles.